The van der Waals surface area contributed by atoms with Gasteiger partial charge in [-0.3, -0.25) is 9.79 Å². The Morgan fingerprint density at radius 1 is 1.21 bits per heavy atom. The number of nitrogens with one attached hydrogen (secondary N) is 3. The van der Waals surface area contributed by atoms with Gasteiger partial charge in [0.15, 0.2) is 15.8 Å². The Morgan fingerprint density at radius 3 is 2.50 bits per heavy atom. The minimum Gasteiger partial charge on any atom is -0.492 e. The van der Waals surface area contributed by atoms with Crippen molar-refractivity contribution >= 4 is 45.7 Å². The summed E-state index contributed by atoms with van der Waals surface area (Å²) in [4.78, 5) is 16.0. The zero-order valence-corrected chi connectivity index (χ0v) is 19.4. The molecule has 3 N–H and O–H groups in total. The third-order valence-electron chi connectivity index (χ3n) is 4.15. The van der Waals surface area contributed by atoms with Crippen LogP contribution in [0.3, 0.4) is 0 Å². The molecular weight excluding hydrogens is 495 g/mol. The van der Waals surface area contributed by atoms with Crippen molar-refractivity contribution in [3.05, 3.63) is 29.8 Å². The predicted molar refractivity (Wildman–Crippen MR) is 121 cm³/mol. The average Bonchev–Trinajstić information content (AvgIpc) is 2.96. The number of carbonyl (C=O) groups excluding carboxylic acids is 1. The summed E-state index contributed by atoms with van der Waals surface area (Å²) >= 11 is 0. The molecular formula is C18H29IN4O4S. The van der Waals surface area contributed by atoms with Gasteiger partial charge in [-0.2, -0.15) is 0 Å². The Balaban J connectivity index is 0.00000392. The summed E-state index contributed by atoms with van der Waals surface area (Å²) in [6.45, 7) is 3.49. The van der Waals surface area contributed by atoms with Crippen LogP contribution in [0.15, 0.2) is 29.3 Å². The van der Waals surface area contributed by atoms with Crippen LogP contribution in [0.25, 0.3) is 0 Å². The van der Waals surface area contributed by atoms with Gasteiger partial charge < -0.3 is 20.7 Å². The van der Waals surface area contributed by atoms with Crippen LogP contribution in [0, 0.1) is 6.92 Å². The summed E-state index contributed by atoms with van der Waals surface area (Å²) in [5.41, 5.74) is 1.18. The fraction of sp³-hybridized carbons (Fsp3) is 0.556. The Morgan fingerprint density at radius 2 is 1.89 bits per heavy atom. The number of halogens is 1. The van der Waals surface area contributed by atoms with Gasteiger partial charge in [-0.15, -0.1) is 24.0 Å². The molecule has 0 spiro atoms. The first-order chi connectivity index (χ1) is 12.9. The van der Waals surface area contributed by atoms with E-state index in [2.05, 4.69) is 20.9 Å². The van der Waals surface area contributed by atoms with E-state index in [-0.39, 0.29) is 53.9 Å². The molecule has 1 heterocycles. The number of hydrogen-bond donors (Lipinski definition) is 3. The molecule has 1 unspecified atom stereocenters. The number of benzene rings is 1. The summed E-state index contributed by atoms with van der Waals surface area (Å²) in [7, 11) is -1.33. The SMILES string of the molecule is CN=C(NCCOc1ccc(C)cc1)NCCC(=O)NC1CCS(=O)(=O)C1.I. The molecule has 0 aliphatic carbocycles. The maximum atomic E-state index is 11.9. The largest absolute Gasteiger partial charge is 0.492 e. The van der Waals surface area contributed by atoms with E-state index in [1.807, 2.05) is 31.2 Å². The molecule has 1 saturated heterocycles. The first-order valence-electron chi connectivity index (χ1n) is 9.02. The number of nitrogens with zero attached hydrogens (tertiary/aromatic N) is 1. The van der Waals surface area contributed by atoms with Gasteiger partial charge in [0, 0.05) is 26.1 Å². The van der Waals surface area contributed by atoms with Crippen LogP contribution in [0.1, 0.15) is 18.4 Å². The van der Waals surface area contributed by atoms with Crippen LogP contribution in [-0.2, 0) is 14.6 Å². The Kier molecular flexibility index (Phi) is 10.6. The highest BCUT2D eigenvalue weighted by molar-refractivity contribution is 14.0. The van der Waals surface area contributed by atoms with E-state index >= 15 is 0 Å². The number of amides is 1. The van der Waals surface area contributed by atoms with Gasteiger partial charge in [0.25, 0.3) is 0 Å². The predicted octanol–water partition coefficient (Wildman–Crippen LogP) is 0.850. The number of guanidine groups is 1. The fourth-order valence-corrected chi connectivity index (χ4v) is 4.37. The van der Waals surface area contributed by atoms with Crippen LogP contribution in [-0.4, -0.2) is 64.6 Å². The third-order valence-corrected chi connectivity index (χ3v) is 5.92. The zero-order valence-electron chi connectivity index (χ0n) is 16.2. The normalized spacial score (nSPS) is 18.1. The summed E-state index contributed by atoms with van der Waals surface area (Å²) < 4.78 is 28.4. The molecule has 2 rings (SSSR count). The van der Waals surface area contributed by atoms with Crippen molar-refractivity contribution in [1.82, 2.24) is 16.0 Å². The maximum absolute atomic E-state index is 11.9. The molecule has 1 aromatic carbocycles. The molecule has 1 atom stereocenters. The maximum Gasteiger partial charge on any atom is 0.222 e. The van der Waals surface area contributed by atoms with E-state index in [1.54, 1.807) is 7.05 Å². The van der Waals surface area contributed by atoms with Crippen molar-refractivity contribution in [2.24, 2.45) is 4.99 Å². The van der Waals surface area contributed by atoms with E-state index in [9.17, 15) is 13.2 Å². The molecule has 1 aliphatic rings. The van der Waals surface area contributed by atoms with Crippen LogP contribution in [0.4, 0.5) is 0 Å². The number of ether oxygens (including phenoxy) is 1. The highest BCUT2D eigenvalue weighted by Crippen LogP contribution is 2.11. The smallest absolute Gasteiger partial charge is 0.222 e. The molecule has 1 amide bonds. The lowest BCUT2D eigenvalue weighted by molar-refractivity contribution is -0.121. The Labute approximate surface area is 183 Å². The second kappa shape index (κ2) is 12.1. The number of carbonyl (C=O) groups is 1. The molecule has 1 aliphatic heterocycles. The second-order valence-corrected chi connectivity index (χ2v) is 8.73. The summed E-state index contributed by atoms with van der Waals surface area (Å²) in [5.74, 6) is 1.42. The lowest BCUT2D eigenvalue weighted by Gasteiger charge is -2.14. The fourth-order valence-electron chi connectivity index (χ4n) is 2.70. The molecule has 158 valence electrons. The lowest BCUT2D eigenvalue weighted by atomic mass is 10.2. The van der Waals surface area contributed by atoms with E-state index in [1.165, 1.54) is 5.56 Å². The van der Waals surface area contributed by atoms with Crippen LogP contribution in [0.5, 0.6) is 5.75 Å². The van der Waals surface area contributed by atoms with Crippen molar-refractivity contribution in [1.29, 1.82) is 0 Å². The molecule has 0 aromatic heterocycles. The average molecular weight is 524 g/mol. The van der Waals surface area contributed by atoms with Gasteiger partial charge in [-0.1, -0.05) is 17.7 Å². The van der Waals surface area contributed by atoms with E-state index in [0.717, 1.165) is 5.75 Å². The van der Waals surface area contributed by atoms with Crippen molar-refractivity contribution in [3.63, 3.8) is 0 Å². The van der Waals surface area contributed by atoms with Gasteiger partial charge in [0.05, 0.1) is 18.1 Å². The van der Waals surface area contributed by atoms with Crippen molar-refractivity contribution < 1.29 is 17.9 Å². The monoisotopic (exact) mass is 524 g/mol. The molecule has 1 aromatic rings. The first-order valence-corrected chi connectivity index (χ1v) is 10.8. The van der Waals surface area contributed by atoms with Gasteiger partial charge in [0.1, 0.15) is 12.4 Å². The second-order valence-electron chi connectivity index (χ2n) is 6.50. The topological polar surface area (TPSA) is 109 Å². The number of sulfone groups is 1. The molecule has 10 heteroatoms. The summed E-state index contributed by atoms with van der Waals surface area (Å²) in [6, 6.07) is 7.58. The number of hydrogen-bond acceptors (Lipinski definition) is 5. The van der Waals surface area contributed by atoms with Crippen molar-refractivity contribution in [2.75, 3.05) is 38.2 Å². The zero-order chi connectivity index (χ0) is 19.7. The van der Waals surface area contributed by atoms with Crippen molar-refractivity contribution in [2.45, 2.75) is 25.8 Å². The van der Waals surface area contributed by atoms with E-state index < -0.39 is 9.84 Å². The van der Waals surface area contributed by atoms with Gasteiger partial charge in [0.2, 0.25) is 5.91 Å². The quantitative estimate of drug-likeness (QED) is 0.202. The summed E-state index contributed by atoms with van der Waals surface area (Å²) in [6.07, 6.45) is 0.739. The molecule has 1 fully saturated rings. The number of aliphatic imine (C=N–C) groups is 1. The number of aryl methyl sites for hydroxylation is 1. The Hall–Kier alpha value is -1.56. The first kappa shape index (κ1) is 24.5. The van der Waals surface area contributed by atoms with E-state index in [0.29, 0.717) is 32.1 Å². The minimum atomic E-state index is -2.99. The molecule has 8 nitrogen and oxygen atoms in total. The highest BCUT2D eigenvalue weighted by atomic mass is 127. The van der Waals surface area contributed by atoms with Crippen molar-refractivity contribution in [3.8, 4) is 5.75 Å². The summed E-state index contributed by atoms with van der Waals surface area (Å²) in [5, 5.41) is 8.93. The third kappa shape index (κ3) is 9.09. The standard InChI is InChI=1S/C18H28N4O4S.HI/c1-14-3-5-16(6-4-14)26-11-10-21-18(19-2)20-9-7-17(23)22-15-8-12-27(24,25)13-15;/h3-6,15H,7-13H2,1-2H3,(H,22,23)(H2,19,20,21);1H. The molecule has 0 saturated carbocycles. The van der Waals surface area contributed by atoms with Gasteiger partial charge in [-0.05, 0) is 25.5 Å². The molecule has 0 radical (unpaired) electrons. The lowest BCUT2D eigenvalue weighted by Crippen LogP contribution is -2.42. The van der Waals surface area contributed by atoms with Gasteiger partial charge in [-0.25, -0.2) is 8.42 Å². The van der Waals surface area contributed by atoms with Crippen LogP contribution in [0.2, 0.25) is 0 Å². The molecule has 28 heavy (non-hydrogen) atoms. The highest BCUT2D eigenvalue weighted by Gasteiger charge is 2.28. The minimum absolute atomic E-state index is 0. The molecule has 0 bridgehead atoms. The van der Waals surface area contributed by atoms with Crippen LogP contribution >= 0.6 is 24.0 Å². The number of rotatable bonds is 8. The Bertz CT molecular complexity index is 753. The van der Waals surface area contributed by atoms with Gasteiger partial charge >= 0.3 is 0 Å². The van der Waals surface area contributed by atoms with Crippen LogP contribution < -0.4 is 20.7 Å². The van der Waals surface area contributed by atoms with E-state index in [4.69, 9.17) is 4.74 Å².